The number of carbonyl (C=O) groups is 2. The topological polar surface area (TPSA) is 83.8 Å². The fourth-order valence-electron chi connectivity index (χ4n) is 4.26. The third-order valence-corrected chi connectivity index (χ3v) is 7.49. The highest BCUT2D eigenvalue weighted by molar-refractivity contribution is 8.00. The van der Waals surface area contributed by atoms with Gasteiger partial charge in [0.05, 0.1) is 9.79 Å². The third-order valence-electron chi connectivity index (χ3n) is 5.93. The Morgan fingerprint density at radius 3 is 2.47 bits per heavy atom. The Balaban J connectivity index is 1.48. The molecule has 1 spiro atoms. The molecule has 2 amide bonds. The monoisotopic (exact) mass is 425 g/mol. The number of non-ortho nitro benzene ring substituents is 1. The number of nitrogens with zero attached hydrogens (tertiary/aromatic N) is 3. The zero-order chi connectivity index (χ0) is 21.3. The summed E-state index contributed by atoms with van der Waals surface area (Å²) in [5, 5.41) is 11.0. The molecule has 0 bridgehead atoms. The fraction of sp³-hybridized carbons (Fsp3) is 0.364. The second-order valence-electron chi connectivity index (χ2n) is 7.67. The van der Waals surface area contributed by atoms with E-state index in [0.29, 0.717) is 38.0 Å². The summed E-state index contributed by atoms with van der Waals surface area (Å²) in [7, 11) is 0. The predicted octanol–water partition coefficient (Wildman–Crippen LogP) is 3.72. The minimum Gasteiger partial charge on any atom is -0.338 e. The lowest BCUT2D eigenvalue weighted by molar-refractivity contribution is -0.384. The number of piperidine rings is 1. The van der Waals surface area contributed by atoms with Crippen LogP contribution in [0.25, 0.3) is 0 Å². The van der Waals surface area contributed by atoms with Gasteiger partial charge >= 0.3 is 0 Å². The summed E-state index contributed by atoms with van der Waals surface area (Å²) in [6.45, 7) is 3.69. The SMILES string of the molecule is Cc1ccccc1C(=O)N1CCSC12CCN(C(=O)c1cccc([N+](=O)[O-])c1)CC2. The minimum absolute atomic E-state index is 0.0524. The Kier molecular flexibility index (Phi) is 5.51. The molecule has 2 aliphatic rings. The first-order chi connectivity index (χ1) is 14.4. The van der Waals surface area contributed by atoms with Crippen LogP contribution in [0.5, 0.6) is 0 Å². The maximum Gasteiger partial charge on any atom is 0.270 e. The highest BCUT2D eigenvalue weighted by Crippen LogP contribution is 2.44. The van der Waals surface area contributed by atoms with Gasteiger partial charge in [-0.1, -0.05) is 24.3 Å². The maximum atomic E-state index is 13.2. The first kappa shape index (κ1) is 20.4. The molecule has 2 heterocycles. The number of aryl methyl sites for hydroxylation is 1. The molecule has 2 fully saturated rings. The van der Waals surface area contributed by atoms with Crippen LogP contribution in [0.4, 0.5) is 5.69 Å². The van der Waals surface area contributed by atoms with Gasteiger partial charge in [-0.2, -0.15) is 0 Å². The van der Waals surface area contributed by atoms with Gasteiger partial charge in [0.15, 0.2) is 0 Å². The predicted molar refractivity (Wildman–Crippen MR) is 116 cm³/mol. The zero-order valence-corrected chi connectivity index (χ0v) is 17.6. The molecule has 4 rings (SSSR count). The number of likely N-dealkylation sites (tertiary alicyclic amines) is 1. The Morgan fingerprint density at radius 2 is 1.77 bits per heavy atom. The van der Waals surface area contributed by atoms with E-state index in [1.165, 1.54) is 18.2 Å². The molecule has 156 valence electrons. The molecule has 30 heavy (non-hydrogen) atoms. The highest BCUT2D eigenvalue weighted by Gasteiger charge is 2.47. The maximum absolute atomic E-state index is 13.2. The molecule has 0 N–H and O–H groups in total. The molecule has 2 aromatic rings. The molecular weight excluding hydrogens is 402 g/mol. The lowest BCUT2D eigenvalue weighted by atomic mass is 9.99. The van der Waals surface area contributed by atoms with E-state index in [1.54, 1.807) is 22.7 Å². The van der Waals surface area contributed by atoms with Crippen molar-refractivity contribution < 1.29 is 14.5 Å². The second kappa shape index (κ2) is 8.10. The van der Waals surface area contributed by atoms with Crippen LogP contribution in [0.2, 0.25) is 0 Å². The highest BCUT2D eigenvalue weighted by atomic mass is 32.2. The Bertz CT molecular complexity index is 1000. The van der Waals surface area contributed by atoms with Gasteiger partial charge in [-0.05, 0) is 37.5 Å². The molecular formula is C22H23N3O4S. The summed E-state index contributed by atoms with van der Waals surface area (Å²) in [6.07, 6.45) is 1.38. The van der Waals surface area contributed by atoms with Crippen LogP contribution in [0.3, 0.4) is 0 Å². The molecule has 0 aromatic heterocycles. The number of hydrogen-bond donors (Lipinski definition) is 0. The van der Waals surface area contributed by atoms with Gasteiger partial charge in [0.25, 0.3) is 17.5 Å². The first-order valence-corrected chi connectivity index (χ1v) is 11.0. The van der Waals surface area contributed by atoms with Crippen molar-refractivity contribution in [1.82, 2.24) is 9.80 Å². The van der Waals surface area contributed by atoms with Crippen LogP contribution in [0, 0.1) is 17.0 Å². The normalized spacial score (nSPS) is 17.9. The molecule has 0 unspecified atom stereocenters. The zero-order valence-electron chi connectivity index (χ0n) is 16.7. The van der Waals surface area contributed by atoms with Crippen LogP contribution >= 0.6 is 11.8 Å². The van der Waals surface area contributed by atoms with E-state index < -0.39 is 4.92 Å². The van der Waals surface area contributed by atoms with Gasteiger partial charge in [-0.15, -0.1) is 11.8 Å². The third kappa shape index (κ3) is 3.67. The first-order valence-electron chi connectivity index (χ1n) is 9.97. The molecule has 0 aliphatic carbocycles. The smallest absolute Gasteiger partial charge is 0.270 e. The molecule has 0 radical (unpaired) electrons. The van der Waals surface area contributed by atoms with Crippen molar-refractivity contribution in [2.75, 3.05) is 25.4 Å². The summed E-state index contributed by atoms with van der Waals surface area (Å²) < 4.78 is 0. The van der Waals surface area contributed by atoms with Crippen molar-refractivity contribution in [1.29, 1.82) is 0 Å². The van der Waals surface area contributed by atoms with Gasteiger partial charge in [0.2, 0.25) is 0 Å². The number of nitro groups is 1. The van der Waals surface area contributed by atoms with E-state index in [9.17, 15) is 19.7 Å². The van der Waals surface area contributed by atoms with E-state index >= 15 is 0 Å². The standard InChI is InChI=1S/C22H23N3O4S/c1-16-5-2-3-8-19(16)21(27)24-13-14-30-22(24)9-11-23(12-10-22)20(26)17-6-4-7-18(15-17)25(28)29/h2-8,15H,9-14H2,1H3. The Labute approximate surface area is 179 Å². The average Bonchev–Trinajstić information content (AvgIpc) is 3.16. The number of benzene rings is 2. The van der Waals surface area contributed by atoms with Gasteiger partial charge in [0.1, 0.15) is 0 Å². The van der Waals surface area contributed by atoms with Gasteiger partial charge in [0, 0.05) is 48.6 Å². The summed E-state index contributed by atoms with van der Waals surface area (Å²) in [6, 6.07) is 13.5. The molecule has 2 aromatic carbocycles. The van der Waals surface area contributed by atoms with Crippen LogP contribution in [0.15, 0.2) is 48.5 Å². The molecule has 0 atom stereocenters. The van der Waals surface area contributed by atoms with Crippen molar-refractivity contribution >= 4 is 29.3 Å². The number of carbonyl (C=O) groups excluding carboxylic acids is 2. The van der Waals surface area contributed by atoms with Crippen LogP contribution in [0.1, 0.15) is 39.1 Å². The van der Waals surface area contributed by atoms with E-state index in [1.807, 2.05) is 36.1 Å². The van der Waals surface area contributed by atoms with Gasteiger partial charge in [-0.25, -0.2) is 0 Å². The van der Waals surface area contributed by atoms with Crippen LogP contribution < -0.4 is 0 Å². The quantitative estimate of drug-likeness (QED) is 0.553. The van der Waals surface area contributed by atoms with E-state index in [2.05, 4.69) is 0 Å². The lowest BCUT2D eigenvalue weighted by Gasteiger charge is -2.44. The molecule has 2 saturated heterocycles. The van der Waals surface area contributed by atoms with Crippen LogP contribution in [-0.4, -0.2) is 56.8 Å². The Morgan fingerprint density at radius 1 is 1.03 bits per heavy atom. The van der Waals surface area contributed by atoms with Crippen molar-refractivity contribution in [3.8, 4) is 0 Å². The van der Waals surface area contributed by atoms with Gasteiger partial charge < -0.3 is 9.80 Å². The van der Waals surface area contributed by atoms with Gasteiger partial charge in [-0.3, -0.25) is 19.7 Å². The van der Waals surface area contributed by atoms with Crippen molar-refractivity contribution in [3.63, 3.8) is 0 Å². The number of amides is 2. The molecule has 2 aliphatic heterocycles. The number of hydrogen-bond acceptors (Lipinski definition) is 5. The fourth-order valence-corrected chi connectivity index (χ4v) is 5.72. The van der Waals surface area contributed by atoms with Crippen molar-refractivity contribution in [3.05, 3.63) is 75.3 Å². The molecule has 7 nitrogen and oxygen atoms in total. The summed E-state index contributed by atoms with van der Waals surface area (Å²) in [4.78, 5) is 40.1. The summed E-state index contributed by atoms with van der Waals surface area (Å²) in [5.41, 5.74) is 1.94. The average molecular weight is 426 g/mol. The number of rotatable bonds is 3. The van der Waals surface area contributed by atoms with Crippen molar-refractivity contribution in [2.45, 2.75) is 24.6 Å². The lowest BCUT2D eigenvalue weighted by Crippen LogP contribution is -2.53. The van der Waals surface area contributed by atoms with E-state index in [4.69, 9.17) is 0 Å². The molecule has 8 heteroatoms. The summed E-state index contributed by atoms with van der Waals surface area (Å²) >= 11 is 1.80. The minimum atomic E-state index is -0.494. The second-order valence-corrected chi connectivity index (χ2v) is 9.12. The Hall–Kier alpha value is -2.87. The van der Waals surface area contributed by atoms with E-state index in [0.717, 1.165) is 16.9 Å². The molecule has 0 saturated carbocycles. The number of thioether (sulfide) groups is 1. The van der Waals surface area contributed by atoms with Crippen molar-refractivity contribution in [2.24, 2.45) is 0 Å². The largest absolute Gasteiger partial charge is 0.338 e. The number of nitro benzene ring substituents is 1. The van der Waals surface area contributed by atoms with E-state index in [-0.39, 0.29) is 22.4 Å². The van der Waals surface area contributed by atoms with Crippen LogP contribution in [-0.2, 0) is 0 Å². The summed E-state index contributed by atoms with van der Waals surface area (Å²) in [5.74, 6) is 0.737.